The fourth-order valence-corrected chi connectivity index (χ4v) is 5.70. The van der Waals surface area contributed by atoms with E-state index in [1.807, 2.05) is 19.1 Å². The Morgan fingerprint density at radius 3 is 2.59 bits per heavy atom. The highest BCUT2D eigenvalue weighted by Gasteiger charge is 2.53. The minimum Gasteiger partial charge on any atom is -0.298 e. The summed E-state index contributed by atoms with van der Waals surface area (Å²) in [5.41, 5.74) is 2.62. The Labute approximate surface area is 159 Å². The number of halogens is 2. The third-order valence-electron chi connectivity index (χ3n) is 6.79. The number of nitrogens with zero attached hydrogens (tertiary/aromatic N) is 3. The lowest BCUT2D eigenvalue weighted by molar-refractivity contribution is -0.00917. The molecule has 4 fully saturated rings. The molecule has 0 unspecified atom stereocenters. The largest absolute Gasteiger partial charge is 0.298 e. The van der Waals surface area contributed by atoms with Crippen molar-refractivity contribution in [2.75, 3.05) is 19.6 Å². The van der Waals surface area contributed by atoms with Gasteiger partial charge in [0.1, 0.15) is 0 Å². The Balaban J connectivity index is 1.51. The summed E-state index contributed by atoms with van der Waals surface area (Å²) in [6.45, 7) is 5.71. The number of fused-ring (bicyclic) bond motifs is 2. The van der Waals surface area contributed by atoms with Gasteiger partial charge < -0.3 is 0 Å². The van der Waals surface area contributed by atoms with Gasteiger partial charge in [-0.1, -0.05) is 18.2 Å². The van der Waals surface area contributed by atoms with Crippen LogP contribution in [-0.2, 0) is 6.54 Å². The molecule has 4 aliphatic heterocycles. The molecule has 0 aliphatic carbocycles. The van der Waals surface area contributed by atoms with Gasteiger partial charge in [0.15, 0.2) is 11.6 Å². The van der Waals surface area contributed by atoms with Crippen LogP contribution in [0.5, 0.6) is 0 Å². The molecule has 27 heavy (non-hydrogen) atoms. The maximum atomic E-state index is 14.6. The van der Waals surface area contributed by atoms with Crippen LogP contribution in [0.15, 0.2) is 36.4 Å². The number of rotatable bonds is 3. The summed E-state index contributed by atoms with van der Waals surface area (Å²) in [5, 5.41) is 0. The number of benzene rings is 1. The fourth-order valence-electron chi connectivity index (χ4n) is 5.70. The van der Waals surface area contributed by atoms with E-state index in [1.165, 1.54) is 18.9 Å². The van der Waals surface area contributed by atoms with Crippen molar-refractivity contribution in [1.82, 2.24) is 14.8 Å². The number of hydrogen-bond donors (Lipinski definition) is 0. The molecule has 5 heterocycles. The van der Waals surface area contributed by atoms with E-state index in [0.717, 1.165) is 37.6 Å². The van der Waals surface area contributed by atoms with Crippen LogP contribution < -0.4 is 0 Å². The second kappa shape index (κ2) is 6.64. The van der Waals surface area contributed by atoms with Crippen LogP contribution in [0.3, 0.4) is 0 Å². The van der Waals surface area contributed by atoms with Gasteiger partial charge >= 0.3 is 0 Å². The maximum Gasteiger partial charge on any atom is 0.162 e. The maximum absolute atomic E-state index is 14.6. The predicted octanol–water partition coefficient (Wildman–Crippen LogP) is 3.73. The quantitative estimate of drug-likeness (QED) is 0.822. The predicted molar refractivity (Wildman–Crippen MR) is 100 cm³/mol. The van der Waals surface area contributed by atoms with Crippen molar-refractivity contribution in [3.63, 3.8) is 0 Å². The second-order valence-electron chi connectivity index (χ2n) is 8.30. The first-order valence-corrected chi connectivity index (χ1v) is 9.96. The molecule has 0 spiro atoms. The number of aromatic nitrogens is 1. The van der Waals surface area contributed by atoms with Gasteiger partial charge in [0.2, 0.25) is 0 Å². The van der Waals surface area contributed by atoms with Crippen molar-refractivity contribution in [2.45, 2.75) is 44.3 Å². The fraction of sp³-hybridized carbons (Fsp3) is 0.500. The summed E-state index contributed by atoms with van der Waals surface area (Å²) in [5.74, 6) is -0.747. The van der Waals surface area contributed by atoms with Gasteiger partial charge in [0.25, 0.3) is 0 Å². The zero-order valence-electron chi connectivity index (χ0n) is 15.6. The molecule has 142 valence electrons. The second-order valence-corrected chi connectivity index (χ2v) is 8.30. The Bertz CT molecular complexity index is 847. The Kier molecular flexibility index (Phi) is 4.25. The van der Waals surface area contributed by atoms with Gasteiger partial charge in [0.05, 0.1) is 5.69 Å². The number of likely N-dealkylation sites (tertiary alicyclic amines) is 1. The Morgan fingerprint density at radius 2 is 1.81 bits per heavy atom. The van der Waals surface area contributed by atoms with E-state index in [2.05, 4.69) is 20.9 Å². The molecular weight excluding hydrogens is 344 g/mol. The van der Waals surface area contributed by atoms with Crippen LogP contribution >= 0.6 is 0 Å². The minimum atomic E-state index is -0.737. The molecule has 1 aromatic carbocycles. The lowest BCUT2D eigenvalue weighted by atomic mass is 9.75. The first kappa shape index (κ1) is 17.3. The molecule has 5 heteroatoms. The van der Waals surface area contributed by atoms with E-state index in [9.17, 15) is 8.78 Å². The van der Waals surface area contributed by atoms with Crippen LogP contribution in [0.1, 0.15) is 35.7 Å². The topological polar surface area (TPSA) is 19.4 Å². The van der Waals surface area contributed by atoms with Gasteiger partial charge in [0, 0.05) is 36.8 Å². The molecular formula is C22H25F2N3. The molecule has 1 aromatic heterocycles. The summed E-state index contributed by atoms with van der Waals surface area (Å²) in [6, 6.07) is 11.4. The molecule has 6 rings (SSSR count). The van der Waals surface area contributed by atoms with Crippen LogP contribution in [0.25, 0.3) is 0 Å². The molecule has 3 nitrogen and oxygen atoms in total. The number of pyridine rings is 1. The third kappa shape index (κ3) is 2.88. The summed E-state index contributed by atoms with van der Waals surface area (Å²) < 4.78 is 28.6. The average molecular weight is 369 g/mol. The molecule has 2 bridgehead atoms. The van der Waals surface area contributed by atoms with E-state index in [4.69, 9.17) is 0 Å². The van der Waals surface area contributed by atoms with E-state index < -0.39 is 11.6 Å². The van der Waals surface area contributed by atoms with Crippen molar-refractivity contribution in [2.24, 2.45) is 5.92 Å². The molecule has 4 aliphatic rings. The van der Waals surface area contributed by atoms with E-state index in [1.54, 1.807) is 12.1 Å². The van der Waals surface area contributed by atoms with E-state index in [0.29, 0.717) is 17.5 Å². The zero-order valence-corrected chi connectivity index (χ0v) is 15.6. The van der Waals surface area contributed by atoms with Gasteiger partial charge in [-0.25, -0.2) is 8.78 Å². The van der Waals surface area contributed by atoms with Crippen molar-refractivity contribution in [3.8, 4) is 0 Å². The average Bonchev–Trinajstić information content (AvgIpc) is 3.06. The van der Waals surface area contributed by atoms with Gasteiger partial charge in [-0.2, -0.15) is 0 Å². The van der Waals surface area contributed by atoms with Crippen molar-refractivity contribution in [1.29, 1.82) is 0 Å². The smallest absolute Gasteiger partial charge is 0.162 e. The van der Waals surface area contributed by atoms with Crippen molar-refractivity contribution >= 4 is 0 Å². The summed E-state index contributed by atoms with van der Waals surface area (Å²) in [7, 11) is 0. The van der Waals surface area contributed by atoms with E-state index >= 15 is 0 Å². The molecule has 3 atom stereocenters. The standard InChI is InChI=1S/C22H25F2N3/c1-14-4-2-5-16(25-14)12-27-13-18(17-6-3-7-19(23)20(17)24)22-21(27)15-8-10-26(22)11-9-15/h2-7,15,18,21-22H,8-13H2,1H3/t18-,21+,22+/m1/s1. The molecule has 0 N–H and O–H groups in total. The number of aryl methyl sites for hydroxylation is 1. The van der Waals surface area contributed by atoms with Gasteiger partial charge in [-0.05, 0) is 62.5 Å². The number of hydrogen-bond acceptors (Lipinski definition) is 3. The molecule has 0 radical (unpaired) electrons. The first-order chi connectivity index (χ1) is 13.1. The molecule has 4 saturated heterocycles. The lowest BCUT2D eigenvalue weighted by Crippen LogP contribution is -2.60. The highest BCUT2D eigenvalue weighted by atomic mass is 19.2. The molecule has 0 amide bonds. The zero-order chi connectivity index (χ0) is 18.5. The monoisotopic (exact) mass is 369 g/mol. The van der Waals surface area contributed by atoms with Crippen molar-refractivity contribution < 1.29 is 8.78 Å². The van der Waals surface area contributed by atoms with Crippen LogP contribution in [0.4, 0.5) is 8.78 Å². The summed E-state index contributed by atoms with van der Waals surface area (Å²) >= 11 is 0. The van der Waals surface area contributed by atoms with Gasteiger partial charge in [-0.15, -0.1) is 0 Å². The third-order valence-corrected chi connectivity index (χ3v) is 6.79. The van der Waals surface area contributed by atoms with E-state index in [-0.39, 0.29) is 12.0 Å². The number of piperidine rings is 3. The van der Waals surface area contributed by atoms with Crippen LogP contribution in [0, 0.1) is 24.5 Å². The Hall–Kier alpha value is -1.85. The lowest BCUT2D eigenvalue weighted by Gasteiger charge is -2.51. The normalized spacial score (nSPS) is 32.6. The summed E-state index contributed by atoms with van der Waals surface area (Å²) in [4.78, 5) is 9.68. The summed E-state index contributed by atoms with van der Waals surface area (Å²) in [6.07, 6.45) is 2.41. The highest BCUT2D eigenvalue weighted by Crippen LogP contribution is 2.47. The molecule has 2 aromatic rings. The van der Waals surface area contributed by atoms with Gasteiger partial charge in [-0.3, -0.25) is 14.8 Å². The van der Waals surface area contributed by atoms with Crippen LogP contribution in [0.2, 0.25) is 0 Å². The minimum absolute atomic E-state index is 0.0126. The van der Waals surface area contributed by atoms with Crippen LogP contribution in [-0.4, -0.2) is 46.5 Å². The first-order valence-electron chi connectivity index (χ1n) is 9.96. The SMILES string of the molecule is Cc1cccc(CN2C[C@H](c3cccc(F)c3F)[C@H]3[C@@H]2C2CCN3CC2)n1. The van der Waals surface area contributed by atoms with Crippen molar-refractivity contribution in [3.05, 3.63) is 65.0 Å². The highest BCUT2D eigenvalue weighted by molar-refractivity contribution is 5.29. The molecule has 0 saturated carbocycles. The Morgan fingerprint density at radius 1 is 1.04 bits per heavy atom.